The minimum Gasteiger partial charge on any atom is -0.324 e. The number of carbonyl (C=O) groups excluding carboxylic acids is 1. The summed E-state index contributed by atoms with van der Waals surface area (Å²) in [5, 5.41) is 6.33. The second-order valence-electron chi connectivity index (χ2n) is 7.12. The molecule has 0 spiro atoms. The Bertz CT molecular complexity index is 1390. The van der Waals surface area contributed by atoms with Crippen molar-refractivity contribution >= 4 is 48.9 Å². The van der Waals surface area contributed by atoms with Crippen LogP contribution in [0.1, 0.15) is 6.92 Å². The third kappa shape index (κ3) is 2.60. The van der Waals surface area contributed by atoms with Crippen LogP contribution in [-0.2, 0) is 14.8 Å². The van der Waals surface area contributed by atoms with E-state index < -0.39 is 16.1 Å². The number of anilines is 2. The Morgan fingerprint density at radius 1 is 0.862 bits per heavy atom. The van der Waals surface area contributed by atoms with Crippen molar-refractivity contribution < 1.29 is 13.2 Å². The van der Waals surface area contributed by atoms with Gasteiger partial charge in [0, 0.05) is 16.5 Å². The van der Waals surface area contributed by atoms with Crippen LogP contribution < -0.4 is 9.62 Å². The van der Waals surface area contributed by atoms with Gasteiger partial charge in [-0.25, -0.2) is 8.42 Å². The fourth-order valence-corrected chi connectivity index (χ4v) is 5.88. The highest BCUT2D eigenvalue weighted by atomic mass is 32.2. The minimum atomic E-state index is -3.80. The lowest BCUT2D eigenvalue weighted by Gasteiger charge is -2.25. The quantitative estimate of drug-likeness (QED) is 0.548. The summed E-state index contributed by atoms with van der Waals surface area (Å²) in [4.78, 5) is 13.3. The summed E-state index contributed by atoms with van der Waals surface area (Å²) in [6.07, 6.45) is 0. The highest BCUT2D eigenvalue weighted by Crippen LogP contribution is 2.43. The molecule has 29 heavy (non-hydrogen) atoms. The highest BCUT2D eigenvalue weighted by molar-refractivity contribution is 7.93. The standard InChI is InChI=1S/C23H18N2O3S/c1-15(23(26)24-19-12-4-8-16-7-2-3-11-18(16)19)25-20-13-5-9-17-10-6-14-21(22(17)20)29(25,27)28/h2-15H,1H3,(H,24,26). The molecule has 4 aromatic carbocycles. The second-order valence-corrected chi connectivity index (χ2v) is 8.91. The maximum atomic E-state index is 13.2. The summed E-state index contributed by atoms with van der Waals surface area (Å²) in [6, 6.07) is 23.1. The Balaban J connectivity index is 1.55. The van der Waals surface area contributed by atoms with E-state index in [1.54, 1.807) is 25.1 Å². The first-order valence-corrected chi connectivity index (χ1v) is 10.8. The fourth-order valence-electron chi connectivity index (χ4n) is 4.02. The molecule has 144 valence electrons. The van der Waals surface area contributed by atoms with Crippen molar-refractivity contribution in [3.05, 3.63) is 78.9 Å². The zero-order valence-corrected chi connectivity index (χ0v) is 16.5. The van der Waals surface area contributed by atoms with E-state index in [9.17, 15) is 13.2 Å². The van der Waals surface area contributed by atoms with Crippen LogP contribution in [0.5, 0.6) is 0 Å². The van der Waals surface area contributed by atoms with Crippen LogP contribution in [0.15, 0.2) is 83.8 Å². The van der Waals surface area contributed by atoms with Crippen molar-refractivity contribution in [2.24, 2.45) is 0 Å². The maximum absolute atomic E-state index is 13.2. The predicted octanol–water partition coefficient (Wildman–Crippen LogP) is 4.53. The van der Waals surface area contributed by atoms with Crippen LogP contribution in [0, 0.1) is 0 Å². The number of nitrogens with zero attached hydrogens (tertiary/aromatic N) is 1. The molecule has 1 atom stereocenters. The van der Waals surface area contributed by atoms with Crippen LogP contribution >= 0.6 is 0 Å². The maximum Gasteiger partial charge on any atom is 0.265 e. The van der Waals surface area contributed by atoms with Gasteiger partial charge < -0.3 is 5.32 Å². The molecule has 1 amide bonds. The number of amides is 1. The van der Waals surface area contributed by atoms with Crippen molar-refractivity contribution in [3.63, 3.8) is 0 Å². The lowest BCUT2D eigenvalue weighted by Crippen LogP contribution is -2.44. The molecule has 1 N–H and O–H groups in total. The number of hydrogen-bond acceptors (Lipinski definition) is 3. The molecule has 0 saturated carbocycles. The molecule has 0 aromatic heterocycles. The highest BCUT2D eigenvalue weighted by Gasteiger charge is 2.40. The molecule has 0 fully saturated rings. The number of sulfonamides is 1. The molecule has 0 radical (unpaired) electrons. The van der Waals surface area contributed by atoms with Crippen molar-refractivity contribution in [1.29, 1.82) is 0 Å². The van der Waals surface area contributed by atoms with Crippen LogP contribution in [0.2, 0.25) is 0 Å². The first-order valence-electron chi connectivity index (χ1n) is 9.33. The van der Waals surface area contributed by atoms with Gasteiger partial charge in [-0.1, -0.05) is 60.7 Å². The number of hydrogen-bond donors (Lipinski definition) is 1. The van der Waals surface area contributed by atoms with Crippen molar-refractivity contribution in [2.45, 2.75) is 17.9 Å². The normalized spacial score (nSPS) is 15.6. The summed E-state index contributed by atoms with van der Waals surface area (Å²) >= 11 is 0. The molecule has 5 rings (SSSR count). The third-order valence-corrected chi connectivity index (χ3v) is 7.32. The SMILES string of the molecule is CC(C(=O)Nc1cccc2ccccc12)N1c2cccc3cccc(c23)S1(=O)=O. The zero-order chi connectivity index (χ0) is 20.2. The monoisotopic (exact) mass is 402 g/mol. The largest absolute Gasteiger partial charge is 0.324 e. The summed E-state index contributed by atoms with van der Waals surface area (Å²) < 4.78 is 27.7. The predicted molar refractivity (Wildman–Crippen MR) is 116 cm³/mol. The van der Waals surface area contributed by atoms with Crippen molar-refractivity contribution in [1.82, 2.24) is 0 Å². The smallest absolute Gasteiger partial charge is 0.265 e. The fraction of sp³-hybridized carbons (Fsp3) is 0.0870. The summed E-state index contributed by atoms with van der Waals surface area (Å²) in [7, 11) is -3.80. The van der Waals surface area contributed by atoms with E-state index in [1.165, 1.54) is 4.31 Å². The van der Waals surface area contributed by atoms with Gasteiger partial charge in [-0.05, 0) is 35.9 Å². The lowest BCUT2D eigenvalue weighted by molar-refractivity contribution is -0.116. The van der Waals surface area contributed by atoms with Gasteiger partial charge in [-0.3, -0.25) is 9.10 Å². The van der Waals surface area contributed by atoms with E-state index in [1.807, 2.05) is 60.7 Å². The Kier molecular flexibility index (Phi) is 3.86. The summed E-state index contributed by atoms with van der Waals surface area (Å²) in [5.41, 5.74) is 1.20. The van der Waals surface area contributed by atoms with Gasteiger partial charge in [-0.15, -0.1) is 0 Å². The molecule has 1 aliphatic rings. The van der Waals surface area contributed by atoms with Crippen molar-refractivity contribution in [2.75, 3.05) is 9.62 Å². The van der Waals surface area contributed by atoms with E-state index in [4.69, 9.17) is 0 Å². The first-order chi connectivity index (χ1) is 14.0. The molecule has 0 aliphatic carbocycles. The van der Waals surface area contributed by atoms with Gasteiger partial charge in [0.15, 0.2) is 0 Å². The van der Waals surface area contributed by atoms with E-state index in [2.05, 4.69) is 5.32 Å². The van der Waals surface area contributed by atoms with Gasteiger partial charge in [-0.2, -0.15) is 0 Å². The molecule has 0 saturated heterocycles. The molecule has 1 unspecified atom stereocenters. The van der Waals surface area contributed by atoms with Gasteiger partial charge >= 0.3 is 0 Å². The van der Waals surface area contributed by atoms with Gasteiger partial charge in [0.2, 0.25) is 5.91 Å². The van der Waals surface area contributed by atoms with Crippen LogP contribution in [0.25, 0.3) is 21.5 Å². The summed E-state index contributed by atoms with van der Waals surface area (Å²) in [5.74, 6) is -0.380. The molecule has 5 nitrogen and oxygen atoms in total. The Hall–Kier alpha value is -3.38. The van der Waals surface area contributed by atoms with Crippen LogP contribution in [0.4, 0.5) is 11.4 Å². The number of fused-ring (bicyclic) bond motifs is 1. The average Bonchev–Trinajstić information content (AvgIpc) is 2.96. The Labute approximate surface area is 168 Å². The van der Waals surface area contributed by atoms with E-state index in [0.29, 0.717) is 16.8 Å². The topological polar surface area (TPSA) is 66.5 Å². The van der Waals surface area contributed by atoms with E-state index in [-0.39, 0.29) is 10.8 Å². The first kappa shape index (κ1) is 17.7. The summed E-state index contributed by atoms with van der Waals surface area (Å²) in [6.45, 7) is 1.61. The van der Waals surface area contributed by atoms with Crippen LogP contribution in [-0.4, -0.2) is 20.4 Å². The van der Waals surface area contributed by atoms with Crippen molar-refractivity contribution in [3.8, 4) is 0 Å². The molecule has 0 bridgehead atoms. The minimum absolute atomic E-state index is 0.246. The van der Waals surface area contributed by atoms with Gasteiger partial charge in [0.05, 0.1) is 10.6 Å². The van der Waals surface area contributed by atoms with E-state index in [0.717, 1.165) is 16.2 Å². The van der Waals surface area contributed by atoms with Gasteiger partial charge in [0.25, 0.3) is 10.0 Å². The van der Waals surface area contributed by atoms with Crippen LogP contribution in [0.3, 0.4) is 0 Å². The van der Waals surface area contributed by atoms with Gasteiger partial charge in [0.1, 0.15) is 6.04 Å². The second kappa shape index (κ2) is 6.32. The van der Waals surface area contributed by atoms with E-state index >= 15 is 0 Å². The molecular weight excluding hydrogens is 384 g/mol. The zero-order valence-electron chi connectivity index (χ0n) is 15.7. The number of carbonyl (C=O) groups is 1. The molecule has 1 aliphatic heterocycles. The molecule has 4 aromatic rings. The molecule has 1 heterocycles. The number of nitrogens with one attached hydrogen (secondary N) is 1. The Morgan fingerprint density at radius 2 is 1.52 bits per heavy atom. The average molecular weight is 402 g/mol. The number of benzene rings is 4. The molecule has 6 heteroatoms. The lowest BCUT2D eigenvalue weighted by atomic mass is 10.1. The molecular formula is C23H18N2O3S. The Morgan fingerprint density at radius 3 is 2.34 bits per heavy atom. The number of rotatable bonds is 3. The third-order valence-electron chi connectivity index (χ3n) is 5.40.